The van der Waals surface area contributed by atoms with Crippen molar-refractivity contribution in [1.82, 2.24) is 0 Å². The molecule has 0 N–H and O–H groups in total. The molecular formula is C24H30O5. The molecule has 29 heavy (non-hydrogen) atoms. The molecule has 2 aromatic carbocycles. The Balaban J connectivity index is 1.62. The standard InChI is InChI=1S/C24H30O5/c1-3-13-25-15-17-28-23-9-5-21(6-10-23)19-27-20-22-7-11-24(12-8-22)29-18-16-26-14-4-2/h3-12H,1-2,13-20H2. The third-order valence-electron chi connectivity index (χ3n) is 3.85. The molecule has 156 valence electrons. The minimum Gasteiger partial charge on any atom is -0.491 e. The van der Waals surface area contributed by atoms with Crippen LogP contribution in [0.5, 0.6) is 11.5 Å². The van der Waals surface area contributed by atoms with E-state index < -0.39 is 0 Å². The Bertz CT molecular complexity index is 633. The van der Waals surface area contributed by atoms with Gasteiger partial charge in [-0.1, -0.05) is 36.4 Å². The first-order chi connectivity index (χ1) is 14.3. The Morgan fingerprint density at radius 2 is 0.966 bits per heavy atom. The third-order valence-corrected chi connectivity index (χ3v) is 3.85. The molecule has 0 unspecified atom stereocenters. The van der Waals surface area contributed by atoms with Crippen LogP contribution in [-0.4, -0.2) is 39.6 Å². The molecule has 0 fully saturated rings. The molecule has 0 atom stereocenters. The maximum absolute atomic E-state index is 5.80. The van der Waals surface area contributed by atoms with Gasteiger partial charge in [0.2, 0.25) is 0 Å². The van der Waals surface area contributed by atoms with E-state index in [0.717, 1.165) is 22.6 Å². The van der Waals surface area contributed by atoms with Crippen molar-refractivity contribution < 1.29 is 23.7 Å². The molecule has 5 heteroatoms. The van der Waals surface area contributed by atoms with Gasteiger partial charge in [0.05, 0.1) is 39.6 Å². The summed E-state index contributed by atoms with van der Waals surface area (Å²) < 4.78 is 27.6. The van der Waals surface area contributed by atoms with Crippen molar-refractivity contribution in [2.45, 2.75) is 13.2 Å². The fourth-order valence-electron chi connectivity index (χ4n) is 2.42. The summed E-state index contributed by atoms with van der Waals surface area (Å²) in [6, 6.07) is 15.8. The molecule has 0 spiro atoms. The van der Waals surface area contributed by atoms with E-state index >= 15 is 0 Å². The quantitative estimate of drug-likeness (QED) is 0.306. The topological polar surface area (TPSA) is 46.2 Å². The van der Waals surface area contributed by atoms with Gasteiger partial charge < -0.3 is 23.7 Å². The largest absolute Gasteiger partial charge is 0.491 e. The highest BCUT2D eigenvalue weighted by molar-refractivity contribution is 5.28. The van der Waals surface area contributed by atoms with Crippen LogP contribution in [0, 0.1) is 0 Å². The van der Waals surface area contributed by atoms with E-state index in [1.54, 1.807) is 12.2 Å². The fourth-order valence-corrected chi connectivity index (χ4v) is 2.42. The summed E-state index contributed by atoms with van der Waals surface area (Å²) in [5, 5.41) is 0. The first-order valence-electron chi connectivity index (χ1n) is 9.70. The van der Waals surface area contributed by atoms with Crippen molar-refractivity contribution in [2.24, 2.45) is 0 Å². The molecule has 0 aliphatic carbocycles. The van der Waals surface area contributed by atoms with Crippen molar-refractivity contribution in [2.75, 3.05) is 39.6 Å². The number of benzene rings is 2. The Hall–Kier alpha value is -2.60. The second kappa shape index (κ2) is 14.4. The molecule has 0 aliphatic heterocycles. The maximum atomic E-state index is 5.80. The predicted octanol–water partition coefficient (Wildman–Crippen LogP) is 4.57. The van der Waals surface area contributed by atoms with Gasteiger partial charge in [0.25, 0.3) is 0 Å². The predicted molar refractivity (Wildman–Crippen MR) is 114 cm³/mol. The van der Waals surface area contributed by atoms with Crippen molar-refractivity contribution in [3.63, 3.8) is 0 Å². The summed E-state index contributed by atoms with van der Waals surface area (Å²) in [5.41, 5.74) is 2.19. The molecule has 0 saturated heterocycles. The summed E-state index contributed by atoms with van der Waals surface area (Å²) >= 11 is 0. The van der Waals surface area contributed by atoms with Gasteiger partial charge in [-0.2, -0.15) is 0 Å². The van der Waals surface area contributed by atoms with E-state index in [-0.39, 0.29) is 0 Å². The van der Waals surface area contributed by atoms with Crippen molar-refractivity contribution >= 4 is 0 Å². The number of hydrogen-bond acceptors (Lipinski definition) is 5. The molecular weight excluding hydrogens is 368 g/mol. The van der Waals surface area contributed by atoms with Gasteiger partial charge in [0.1, 0.15) is 24.7 Å². The van der Waals surface area contributed by atoms with E-state index in [1.165, 1.54) is 0 Å². The molecule has 5 nitrogen and oxygen atoms in total. The highest BCUT2D eigenvalue weighted by Crippen LogP contribution is 2.15. The van der Waals surface area contributed by atoms with Crippen LogP contribution in [0.25, 0.3) is 0 Å². The van der Waals surface area contributed by atoms with Crippen LogP contribution in [-0.2, 0) is 27.4 Å². The van der Waals surface area contributed by atoms with Gasteiger partial charge in [-0.25, -0.2) is 0 Å². The Morgan fingerprint density at radius 3 is 1.34 bits per heavy atom. The van der Waals surface area contributed by atoms with E-state index in [1.807, 2.05) is 48.5 Å². The van der Waals surface area contributed by atoms with Gasteiger partial charge in [-0.15, -0.1) is 13.2 Å². The Kier molecular flexibility index (Phi) is 11.3. The molecule has 0 bridgehead atoms. The maximum Gasteiger partial charge on any atom is 0.119 e. The van der Waals surface area contributed by atoms with Crippen molar-refractivity contribution in [3.8, 4) is 11.5 Å². The summed E-state index contributed by atoms with van der Waals surface area (Å²) in [7, 11) is 0. The van der Waals surface area contributed by atoms with Crippen LogP contribution in [0.15, 0.2) is 73.8 Å². The monoisotopic (exact) mass is 398 g/mol. The van der Waals surface area contributed by atoms with Gasteiger partial charge in [-0.3, -0.25) is 0 Å². The molecule has 0 saturated carbocycles. The molecule has 0 heterocycles. The second-order valence-electron chi connectivity index (χ2n) is 6.20. The molecule has 0 aromatic heterocycles. The zero-order chi connectivity index (χ0) is 20.6. The second-order valence-corrected chi connectivity index (χ2v) is 6.20. The van der Waals surface area contributed by atoms with Crippen LogP contribution in [0.4, 0.5) is 0 Å². The van der Waals surface area contributed by atoms with E-state index in [2.05, 4.69) is 13.2 Å². The summed E-state index contributed by atoms with van der Waals surface area (Å²) in [4.78, 5) is 0. The highest BCUT2D eigenvalue weighted by atomic mass is 16.5. The first-order valence-corrected chi connectivity index (χ1v) is 9.70. The lowest BCUT2D eigenvalue weighted by molar-refractivity contribution is 0.106. The average Bonchev–Trinajstić information content (AvgIpc) is 2.75. The molecule has 0 radical (unpaired) electrons. The first kappa shape index (κ1) is 22.7. The fraction of sp³-hybridized carbons (Fsp3) is 0.333. The highest BCUT2D eigenvalue weighted by Gasteiger charge is 1.99. The van der Waals surface area contributed by atoms with Gasteiger partial charge in [-0.05, 0) is 35.4 Å². The lowest BCUT2D eigenvalue weighted by Gasteiger charge is -2.09. The van der Waals surface area contributed by atoms with Crippen LogP contribution in [0.2, 0.25) is 0 Å². The summed E-state index contributed by atoms with van der Waals surface area (Å²) in [6.07, 6.45) is 3.44. The Labute approximate surface area is 173 Å². The summed E-state index contributed by atoms with van der Waals surface area (Å²) in [6.45, 7) is 11.5. The van der Waals surface area contributed by atoms with Crippen LogP contribution < -0.4 is 9.47 Å². The van der Waals surface area contributed by atoms with Crippen LogP contribution in [0.1, 0.15) is 11.1 Å². The van der Waals surface area contributed by atoms with Gasteiger partial charge >= 0.3 is 0 Å². The van der Waals surface area contributed by atoms with Crippen molar-refractivity contribution in [3.05, 3.63) is 85.0 Å². The molecule has 0 amide bonds. The minimum absolute atomic E-state index is 0.519. The summed E-state index contributed by atoms with van der Waals surface area (Å²) in [5.74, 6) is 1.64. The van der Waals surface area contributed by atoms with Gasteiger partial charge in [0, 0.05) is 0 Å². The Morgan fingerprint density at radius 1 is 0.552 bits per heavy atom. The SMILES string of the molecule is C=CCOCCOc1ccc(COCc2ccc(OCCOCC=C)cc2)cc1. The molecule has 0 aliphatic rings. The van der Waals surface area contributed by atoms with E-state index in [9.17, 15) is 0 Å². The number of rotatable bonds is 16. The van der Waals surface area contributed by atoms with Crippen molar-refractivity contribution in [1.29, 1.82) is 0 Å². The zero-order valence-corrected chi connectivity index (χ0v) is 16.9. The van der Waals surface area contributed by atoms with Crippen LogP contribution in [0.3, 0.4) is 0 Å². The zero-order valence-electron chi connectivity index (χ0n) is 16.9. The normalized spacial score (nSPS) is 10.5. The van der Waals surface area contributed by atoms with E-state index in [0.29, 0.717) is 52.9 Å². The number of hydrogen-bond donors (Lipinski definition) is 0. The van der Waals surface area contributed by atoms with Gasteiger partial charge in [0.15, 0.2) is 0 Å². The lowest BCUT2D eigenvalue weighted by Crippen LogP contribution is -2.06. The smallest absolute Gasteiger partial charge is 0.119 e. The van der Waals surface area contributed by atoms with E-state index in [4.69, 9.17) is 23.7 Å². The molecule has 2 rings (SSSR count). The molecule has 2 aromatic rings. The number of ether oxygens (including phenoxy) is 5. The minimum atomic E-state index is 0.519. The lowest BCUT2D eigenvalue weighted by atomic mass is 10.2. The third kappa shape index (κ3) is 9.94. The average molecular weight is 398 g/mol. The van der Waals surface area contributed by atoms with Crippen LogP contribution >= 0.6 is 0 Å².